The smallest absolute Gasteiger partial charge is 0.119 e. The van der Waals surface area contributed by atoms with E-state index < -0.39 is 0 Å². The molecule has 0 aromatic heterocycles. The molecule has 1 atom stereocenters. The van der Waals surface area contributed by atoms with Crippen molar-refractivity contribution in [3.63, 3.8) is 0 Å². The molecule has 18 heavy (non-hydrogen) atoms. The molecule has 0 fully saturated rings. The number of nitrogens with one attached hydrogen (secondary N) is 1. The molecule has 102 valence electrons. The molecule has 0 aliphatic heterocycles. The van der Waals surface area contributed by atoms with E-state index in [1.807, 2.05) is 12.1 Å². The van der Waals surface area contributed by atoms with Crippen molar-refractivity contribution in [3.05, 3.63) is 29.8 Å². The third-order valence-electron chi connectivity index (χ3n) is 2.89. The van der Waals surface area contributed by atoms with E-state index in [0.29, 0.717) is 5.92 Å². The van der Waals surface area contributed by atoms with E-state index in [0.717, 1.165) is 12.3 Å². The summed E-state index contributed by atoms with van der Waals surface area (Å²) >= 11 is 0. The Morgan fingerprint density at radius 3 is 2.11 bits per heavy atom. The number of rotatable bonds is 5. The van der Waals surface area contributed by atoms with Gasteiger partial charge < -0.3 is 10.1 Å². The largest absolute Gasteiger partial charge is 0.489 e. The standard InChI is InChI=1S/C16H27NO/c1-12(2)15(11-17-16(4,5)6)18-14-9-7-13(3)8-10-14/h7-10,12,15,17H,11H2,1-6H3. The van der Waals surface area contributed by atoms with Crippen molar-refractivity contribution in [1.82, 2.24) is 5.32 Å². The summed E-state index contributed by atoms with van der Waals surface area (Å²) in [7, 11) is 0. The van der Waals surface area contributed by atoms with Crippen LogP contribution >= 0.6 is 0 Å². The van der Waals surface area contributed by atoms with Crippen molar-refractivity contribution in [2.45, 2.75) is 53.2 Å². The van der Waals surface area contributed by atoms with Gasteiger partial charge in [0.2, 0.25) is 0 Å². The van der Waals surface area contributed by atoms with E-state index in [1.165, 1.54) is 5.56 Å². The minimum atomic E-state index is 0.129. The lowest BCUT2D eigenvalue weighted by atomic mass is 10.0. The highest BCUT2D eigenvalue weighted by Crippen LogP contribution is 2.17. The van der Waals surface area contributed by atoms with Gasteiger partial charge in [-0.2, -0.15) is 0 Å². The van der Waals surface area contributed by atoms with Crippen LogP contribution in [0.4, 0.5) is 0 Å². The Hall–Kier alpha value is -1.02. The molecule has 1 aromatic carbocycles. The van der Waals surface area contributed by atoms with Gasteiger partial charge in [-0.3, -0.25) is 0 Å². The highest BCUT2D eigenvalue weighted by atomic mass is 16.5. The van der Waals surface area contributed by atoms with Gasteiger partial charge in [0, 0.05) is 12.1 Å². The molecule has 2 heteroatoms. The van der Waals surface area contributed by atoms with Gasteiger partial charge in [-0.15, -0.1) is 0 Å². The Bertz CT molecular complexity index is 348. The minimum absolute atomic E-state index is 0.129. The lowest BCUT2D eigenvalue weighted by Crippen LogP contribution is -2.44. The molecule has 0 saturated carbocycles. The second-order valence-electron chi connectivity index (χ2n) is 6.34. The number of aryl methyl sites for hydroxylation is 1. The van der Waals surface area contributed by atoms with Crippen LogP contribution in [-0.2, 0) is 0 Å². The third-order valence-corrected chi connectivity index (χ3v) is 2.89. The number of benzene rings is 1. The maximum atomic E-state index is 6.06. The fourth-order valence-electron chi connectivity index (χ4n) is 1.61. The summed E-state index contributed by atoms with van der Waals surface area (Å²) in [4.78, 5) is 0. The van der Waals surface area contributed by atoms with Crippen molar-refractivity contribution in [2.24, 2.45) is 5.92 Å². The number of hydrogen-bond acceptors (Lipinski definition) is 2. The molecular weight excluding hydrogens is 222 g/mol. The third kappa shape index (κ3) is 5.54. The summed E-state index contributed by atoms with van der Waals surface area (Å²) in [6.07, 6.45) is 0.201. The number of ether oxygens (including phenoxy) is 1. The van der Waals surface area contributed by atoms with Crippen molar-refractivity contribution in [2.75, 3.05) is 6.54 Å². The van der Waals surface area contributed by atoms with Gasteiger partial charge in [0.15, 0.2) is 0 Å². The molecule has 1 unspecified atom stereocenters. The SMILES string of the molecule is Cc1ccc(OC(CNC(C)(C)C)C(C)C)cc1. The van der Waals surface area contributed by atoms with Crippen LogP contribution in [0.5, 0.6) is 5.75 Å². The molecule has 0 heterocycles. The first-order chi connectivity index (χ1) is 8.28. The molecule has 0 spiro atoms. The second kappa shape index (κ2) is 6.24. The molecule has 0 bridgehead atoms. The van der Waals surface area contributed by atoms with E-state index in [9.17, 15) is 0 Å². The molecule has 2 nitrogen and oxygen atoms in total. The van der Waals surface area contributed by atoms with Crippen molar-refractivity contribution >= 4 is 0 Å². The van der Waals surface area contributed by atoms with Crippen LogP contribution < -0.4 is 10.1 Å². The van der Waals surface area contributed by atoms with Crippen LogP contribution in [0.2, 0.25) is 0 Å². The van der Waals surface area contributed by atoms with E-state index >= 15 is 0 Å². The van der Waals surface area contributed by atoms with Gasteiger partial charge in [0.05, 0.1) is 0 Å². The topological polar surface area (TPSA) is 21.3 Å². The summed E-state index contributed by atoms with van der Waals surface area (Å²) in [5, 5.41) is 3.51. The summed E-state index contributed by atoms with van der Waals surface area (Å²) in [6.45, 7) is 13.9. The van der Waals surface area contributed by atoms with Gasteiger partial charge >= 0.3 is 0 Å². The predicted octanol–water partition coefficient (Wildman–Crippen LogP) is 3.79. The highest BCUT2D eigenvalue weighted by molar-refractivity contribution is 5.26. The zero-order chi connectivity index (χ0) is 13.8. The molecule has 0 radical (unpaired) electrons. The molecule has 1 N–H and O–H groups in total. The van der Waals surface area contributed by atoms with Crippen molar-refractivity contribution < 1.29 is 4.74 Å². The zero-order valence-electron chi connectivity index (χ0n) is 12.6. The Balaban J connectivity index is 2.60. The Labute approximate surface area is 112 Å². The van der Waals surface area contributed by atoms with Crippen LogP contribution in [0.15, 0.2) is 24.3 Å². The quantitative estimate of drug-likeness (QED) is 0.857. The summed E-state index contributed by atoms with van der Waals surface area (Å²) < 4.78 is 6.06. The van der Waals surface area contributed by atoms with E-state index in [-0.39, 0.29) is 11.6 Å². The van der Waals surface area contributed by atoms with Crippen LogP contribution in [0.3, 0.4) is 0 Å². The zero-order valence-corrected chi connectivity index (χ0v) is 12.6. The molecule has 1 rings (SSSR count). The van der Waals surface area contributed by atoms with Crippen molar-refractivity contribution in [3.8, 4) is 5.75 Å². The Morgan fingerprint density at radius 1 is 1.11 bits per heavy atom. The van der Waals surface area contributed by atoms with Gasteiger partial charge in [0.25, 0.3) is 0 Å². The fraction of sp³-hybridized carbons (Fsp3) is 0.625. The predicted molar refractivity (Wildman–Crippen MR) is 78.2 cm³/mol. The first kappa shape index (κ1) is 15.0. The van der Waals surface area contributed by atoms with Crippen LogP contribution in [-0.4, -0.2) is 18.2 Å². The normalized spacial score (nSPS) is 13.7. The lowest BCUT2D eigenvalue weighted by molar-refractivity contribution is 0.139. The van der Waals surface area contributed by atoms with Gasteiger partial charge in [-0.25, -0.2) is 0 Å². The van der Waals surface area contributed by atoms with Crippen LogP contribution in [0.25, 0.3) is 0 Å². The average molecular weight is 249 g/mol. The fourth-order valence-corrected chi connectivity index (χ4v) is 1.61. The molecule has 1 aromatic rings. The van der Waals surface area contributed by atoms with Crippen LogP contribution in [0.1, 0.15) is 40.2 Å². The van der Waals surface area contributed by atoms with Crippen LogP contribution in [0, 0.1) is 12.8 Å². The molecule has 0 saturated heterocycles. The Morgan fingerprint density at radius 2 is 1.67 bits per heavy atom. The molecule has 0 amide bonds. The first-order valence-electron chi connectivity index (χ1n) is 6.76. The van der Waals surface area contributed by atoms with Gasteiger partial charge in [-0.05, 0) is 45.7 Å². The minimum Gasteiger partial charge on any atom is -0.489 e. The Kier molecular flexibility index (Phi) is 5.21. The summed E-state index contributed by atoms with van der Waals surface area (Å²) in [5.41, 5.74) is 1.39. The summed E-state index contributed by atoms with van der Waals surface area (Å²) in [6, 6.07) is 8.26. The van der Waals surface area contributed by atoms with Gasteiger partial charge in [0.1, 0.15) is 11.9 Å². The van der Waals surface area contributed by atoms with E-state index in [1.54, 1.807) is 0 Å². The second-order valence-corrected chi connectivity index (χ2v) is 6.34. The van der Waals surface area contributed by atoms with E-state index in [4.69, 9.17) is 4.74 Å². The average Bonchev–Trinajstić information content (AvgIpc) is 2.25. The molecule has 0 aliphatic carbocycles. The maximum Gasteiger partial charge on any atom is 0.119 e. The lowest BCUT2D eigenvalue weighted by Gasteiger charge is -2.28. The first-order valence-corrected chi connectivity index (χ1v) is 6.76. The highest BCUT2D eigenvalue weighted by Gasteiger charge is 2.18. The van der Waals surface area contributed by atoms with Crippen molar-refractivity contribution in [1.29, 1.82) is 0 Å². The monoisotopic (exact) mass is 249 g/mol. The van der Waals surface area contributed by atoms with Gasteiger partial charge in [-0.1, -0.05) is 31.5 Å². The molecule has 0 aliphatic rings. The molecular formula is C16H27NO. The number of hydrogen-bond donors (Lipinski definition) is 1. The maximum absolute atomic E-state index is 6.06. The summed E-state index contributed by atoms with van der Waals surface area (Å²) in [5.74, 6) is 1.44. The van der Waals surface area contributed by atoms with E-state index in [2.05, 4.69) is 59.0 Å².